The number of anilines is 2. The second kappa shape index (κ2) is 7.84. The fourth-order valence-electron chi connectivity index (χ4n) is 4.93. The van der Waals surface area contributed by atoms with Gasteiger partial charge in [0.05, 0.1) is 24.2 Å². The summed E-state index contributed by atoms with van der Waals surface area (Å²) in [5, 5.41) is 5.84. The van der Waals surface area contributed by atoms with E-state index in [0.29, 0.717) is 24.1 Å². The van der Waals surface area contributed by atoms with Crippen LogP contribution in [-0.2, 0) is 22.5 Å². The van der Waals surface area contributed by atoms with Crippen LogP contribution < -0.4 is 4.90 Å². The van der Waals surface area contributed by atoms with E-state index >= 15 is 0 Å². The summed E-state index contributed by atoms with van der Waals surface area (Å²) in [7, 11) is 0. The Labute approximate surface area is 190 Å². The van der Waals surface area contributed by atoms with Gasteiger partial charge in [-0.25, -0.2) is 0 Å². The molecule has 6 nitrogen and oxygen atoms in total. The standard InChI is InChI=1S/C22H26BrClN4O2/c1-13-3-7-27(21-10-19(24)18(23)9-16(13)21)22-17-11-26(14(2)29)6-4-20(17)28(25-22)15-5-8-30-12-15/h9-10,13,15H,3-8,11-12H2,1-2H3/t13?,15-/m0/s1. The van der Waals surface area contributed by atoms with Gasteiger partial charge in [0.15, 0.2) is 5.82 Å². The molecule has 2 aromatic rings. The van der Waals surface area contributed by atoms with Gasteiger partial charge in [-0.1, -0.05) is 18.5 Å². The molecule has 0 bridgehead atoms. The van der Waals surface area contributed by atoms with Crippen LogP contribution in [0.15, 0.2) is 16.6 Å². The molecular weight excluding hydrogens is 468 g/mol. The van der Waals surface area contributed by atoms with Gasteiger partial charge in [0.25, 0.3) is 0 Å². The number of aromatic nitrogens is 2. The summed E-state index contributed by atoms with van der Waals surface area (Å²) in [6, 6.07) is 4.46. The van der Waals surface area contributed by atoms with Crippen LogP contribution in [0.3, 0.4) is 0 Å². The van der Waals surface area contributed by atoms with Crippen LogP contribution in [0.25, 0.3) is 0 Å². The van der Waals surface area contributed by atoms with Gasteiger partial charge in [-0.05, 0) is 52.4 Å². The van der Waals surface area contributed by atoms with Gasteiger partial charge >= 0.3 is 0 Å². The Morgan fingerprint density at radius 3 is 2.87 bits per heavy atom. The van der Waals surface area contributed by atoms with Gasteiger partial charge in [0.2, 0.25) is 5.91 Å². The van der Waals surface area contributed by atoms with Crippen molar-refractivity contribution in [1.82, 2.24) is 14.7 Å². The maximum Gasteiger partial charge on any atom is 0.219 e. The number of nitrogens with zero attached hydrogens (tertiary/aromatic N) is 4. The molecule has 2 atom stereocenters. The fraction of sp³-hybridized carbons (Fsp3) is 0.545. The van der Waals surface area contributed by atoms with E-state index < -0.39 is 0 Å². The lowest BCUT2D eigenvalue weighted by Gasteiger charge is -2.35. The quantitative estimate of drug-likeness (QED) is 0.602. The molecule has 0 radical (unpaired) electrons. The van der Waals surface area contributed by atoms with Crippen molar-refractivity contribution in [1.29, 1.82) is 0 Å². The molecule has 1 aromatic carbocycles. The molecule has 1 aromatic heterocycles. The van der Waals surface area contributed by atoms with Crippen molar-refractivity contribution >= 4 is 44.9 Å². The topological polar surface area (TPSA) is 50.6 Å². The summed E-state index contributed by atoms with van der Waals surface area (Å²) in [5.74, 6) is 1.54. The summed E-state index contributed by atoms with van der Waals surface area (Å²) in [4.78, 5) is 16.4. The van der Waals surface area contributed by atoms with Crippen molar-refractivity contribution in [2.75, 3.05) is 31.2 Å². The Hall–Kier alpha value is -1.57. The maximum atomic E-state index is 12.1. The summed E-state index contributed by atoms with van der Waals surface area (Å²) in [5.41, 5.74) is 4.82. The fourth-order valence-corrected chi connectivity index (χ4v) is 5.45. The monoisotopic (exact) mass is 492 g/mol. The number of carbonyl (C=O) groups excluding carboxylic acids is 1. The molecule has 0 saturated carbocycles. The second-order valence-corrected chi connectivity index (χ2v) is 9.83. The SMILES string of the molecule is CC(=O)N1CCc2c(c(N3CCC(C)c4cc(Br)c(Cl)cc43)nn2[C@H]2CCOC2)C1. The Morgan fingerprint density at radius 2 is 2.13 bits per heavy atom. The molecule has 1 saturated heterocycles. The number of fused-ring (bicyclic) bond motifs is 2. The van der Waals surface area contributed by atoms with Crippen molar-refractivity contribution in [3.05, 3.63) is 38.4 Å². The summed E-state index contributed by atoms with van der Waals surface area (Å²) < 4.78 is 8.77. The first-order valence-corrected chi connectivity index (χ1v) is 11.8. The number of rotatable bonds is 2. The highest BCUT2D eigenvalue weighted by Gasteiger charge is 2.34. The third-order valence-electron chi connectivity index (χ3n) is 6.69. The number of halogens is 2. The van der Waals surface area contributed by atoms with E-state index in [9.17, 15) is 4.79 Å². The third-order valence-corrected chi connectivity index (χ3v) is 7.89. The second-order valence-electron chi connectivity index (χ2n) is 8.57. The zero-order valence-corrected chi connectivity index (χ0v) is 19.7. The molecule has 3 aliphatic rings. The predicted octanol–water partition coefficient (Wildman–Crippen LogP) is 4.81. The first kappa shape index (κ1) is 20.3. The number of benzene rings is 1. The van der Waals surface area contributed by atoms with Gasteiger partial charge < -0.3 is 14.5 Å². The number of carbonyl (C=O) groups is 1. The lowest BCUT2D eigenvalue weighted by Crippen LogP contribution is -2.36. The largest absolute Gasteiger partial charge is 0.379 e. The normalized spacial score (nSPS) is 23.5. The molecule has 160 valence electrons. The Kier molecular flexibility index (Phi) is 5.32. The lowest BCUT2D eigenvalue weighted by atomic mass is 9.91. The van der Waals surface area contributed by atoms with Crippen molar-refractivity contribution in [3.63, 3.8) is 0 Å². The third kappa shape index (κ3) is 3.35. The Morgan fingerprint density at radius 1 is 1.30 bits per heavy atom. The van der Waals surface area contributed by atoms with Gasteiger partial charge in [-0.2, -0.15) is 5.10 Å². The molecule has 8 heteroatoms. The van der Waals surface area contributed by atoms with Crippen molar-refractivity contribution < 1.29 is 9.53 Å². The lowest BCUT2D eigenvalue weighted by molar-refractivity contribution is -0.129. The maximum absolute atomic E-state index is 12.1. The highest BCUT2D eigenvalue weighted by Crippen LogP contribution is 2.45. The van der Waals surface area contributed by atoms with Crippen LogP contribution in [0.4, 0.5) is 11.5 Å². The average Bonchev–Trinajstić information content (AvgIpc) is 3.37. The van der Waals surface area contributed by atoms with Gasteiger partial charge in [0.1, 0.15) is 0 Å². The molecule has 30 heavy (non-hydrogen) atoms. The molecule has 3 aliphatic heterocycles. The van der Waals surface area contributed by atoms with Crippen LogP contribution >= 0.6 is 27.5 Å². The van der Waals surface area contributed by atoms with E-state index in [1.165, 1.54) is 16.8 Å². The van der Waals surface area contributed by atoms with E-state index in [1.54, 1.807) is 6.92 Å². The summed E-state index contributed by atoms with van der Waals surface area (Å²) in [6.07, 6.45) is 2.86. The number of ether oxygens (including phenoxy) is 1. The van der Waals surface area contributed by atoms with Crippen LogP contribution in [0.1, 0.15) is 55.5 Å². The Balaban J connectivity index is 1.64. The summed E-state index contributed by atoms with van der Waals surface area (Å²) >= 11 is 10.1. The number of amides is 1. The van der Waals surface area contributed by atoms with E-state index in [0.717, 1.165) is 54.9 Å². The highest BCUT2D eigenvalue weighted by atomic mass is 79.9. The van der Waals surface area contributed by atoms with E-state index in [1.807, 2.05) is 11.0 Å². The van der Waals surface area contributed by atoms with Crippen LogP contribution in [0.2, 0.25) is 5.02 Å². The molecule has 0 aliphatic carbocycles. The number of hydrogen-bond acceptors (Lipinski definition) is 4. The molecule has 5 rings (SSSR count). The van der Waals surface area contributed by atoms with Crippen molar-refractivity contribution in [2.45, 2.75) is 51.6 Å². The van der Waals surface area contributed by atoms with Crippen molar-refractivity contribution in [2.24, 2.45) is 0 Å². The number of hydrogen-bond donors (Lipinski definition) is 0. The van der Waals surface area contributed by atoms with E-state index in [4.69, 9.17) is 21.4 Å². The van der Waals surface area contributed by atoms with Crippen molar-refractivity contribution in [3.8, 4) is 0 Å². The average molecular weight is 494 g/mol. The van der Waals surface area contributed by atoms with Gasteiger partial charge in [-0.3, -0.25) is 9.48 Å². The Bertz CT molecular complexity index is 1000. The van der Waals surface area contributed by atoms with Gasteiger partial charge in [0, 0.05) is 54.5 Å². The minimum absolute atomic E-state index is 0.114. The zero-order valence-electron chi connectivity index (χ0n) is 17.3. The molecular formula is C22H26BrClN4O2. The minimum Gasteiger partial charge on any atom is -0.379 e. The molecule has 1 unspecified atom stereocenters. The summed E-state index contributed by atoms with van der Waals surface area (Å²) in [6.45, 7) is 7.63. The first-order chi connectivity index (χ1) is 14.4. The van der Waals surface area contributed by atoms with E-state index in [-0.39, 0.29) is 11.9 Å². The molecule has 1 fully saturated rings. The first-order valence-electron chi connectivity index (χ1n) is 10.6. The van der Waals surface area contributed by atoms with Crippen LogP contribution in [0.5, 0.6) is 0 Å². The van der Waals surface area contributed by atoms with Crippen LogP contribution in [0, 0.1) is 0 Å². The molecule has 0 N–H and O–H groups in total. The smallest absolute Gasteiger partial charge is 0.219 e. The molecule has 1 amide bonds. The predicted molar refractivity (Wildman–Crippen MR) is 121 cm³/mol. The van der Waals surface area contributed by atoms with Crippen LogP contribution in [-0.4, -0.2) is 46.9 Å². The molecule has 0 spiro atoms. The highest BCUT2D eigenvalue weighted by molar-refractivity contribution is 9.10. The minimum atomic E-state index is 0.114. The van der Waals surface area contributed by atoms with Gasteiger partial charge in [-0.15, -0.1) is 0 Å². The van der Waals surface area contributed by atoms with E-state index in [2.05, 4.69) is 38.5 Å². The molecule has 4 heterocycles. The zero-order chi connectivity index (χ0) is 21.0.